The van der Waals surface area contributed by atoms with Crippen LogP contribution in [0.3, 0.4) is 0 Å². The van der Waals surface area contributed by atoms with E-state index in [1.807, 2.05) is 0 Å². The highest BCUT2D eigenvalue weighted by Crippen LogP contribution is 2.27. The average molecular weight is 388 g/mol. The van der Waals surface area contributed by atoms with Crippen LogP contribution in [-0.4, -0.2) is 55.1 Å². The largest absolute Gasteiger partial charge is 0.478 e. The van der Waals surface area contributed by atoms with E-state index in [4.69, 9.17) is 0 Å². The highest BCUT2D eigenvalue weighted by molar-refractivity contribution is 7.89. The Kier molecular flexibility index (Phi) is 5.57. The number of sulfonamides is 1. The van der Waals surface area contributed by atoms with E-state index in [0.29, 0.717) is 29.7 Å². The third kappa shape index (κ3) is 4.17. The molecule has 0 bridgehead atoms. The second-order valence-corrected chi connectivity index (χ2v) is 8.31. The number of nitrogens with zero attached hydrogens (tertiary/aromatic N) is 1. The van der Waals surface area contributed by atoms with Gasteiger partial charge in [-0.15, -0.1) is 0 Å². The molecule has 27 heavy (non-hydrogen) atoms. The van der Waals surface area contributed by atoms with E-state index in [2.05, 4.69) is 5.32 Å². The number of amides is 1. The van der Waals surface area contributed by atoms with Gasteiger partial charge in [-0.3, -0.25) is 4.79 Å². The number of carbonyl (C=O) groups is 2. The average Bonchev–Trinajstić information content (AvgIpc) is 3.00. The van der Waals surface area contributed by atoms with Gasteiger partial charge < -0.3 is 10.4 Å². The maximum atomic E-state index is 12.6. The van der Waals surface area contributed by atoms with Gasteiger partial charge in [-0.2, -0.15) is 0 Å². The minimum atomic E-state index is -3.20. The van der Waals surface area contributed by atoms with Crippen molar-refractivity contribution >= 4 is 21.9 Å². The molecule has 3 rings (SSSR count). The molecule has 8 heteroatoms. The van der Waals surface area contributed by atoms with Crippen molar-refractivity contribution in [3.8, 4) is 11.1 Å². The van der Waals surface area contributed by atoms with E-state index in [1.54, 1.807) is 42.5 Å². The molecule has 2 N–H and O–H groups in total. The van der Waals surface area contributed by atoms with Crippen LogP contribution in [0.4, 0.5) is 0 Å². The molecular formula is C19H20N2O5S. The third-order valence-electron chi connectivity index (χ3n) is 4.47. The van der Waals surface area contributed by atoms with Crippen LogP contribution in [0.1, 0.15) is 27.1 Å². The molecule has 0 atom stereocenters. The van der Waals surface area contributed by atoms with Crippen LogP contribution in [0.5, 0.6) is 0 Å². The van der Waals surface area contributed by atoms with Gasteiger partial charge in [0.1, 0.15) is 0 Å². The lowest BCUT2D eigenvalue weighted by atomic mass is 9.95. The Bertz CT molecular complexity index is 972. The number of hydrogen-bond acceptors (Lipinski definition) is 4. The SMILES string of the molecule is O=C(O)c1ccccc1-c1ccccc1C(=O)NCCN1CCCS1(=O)=O. The topological polar surface area (TPSA) is 104 Å². The van der Waals surface area contributed by atoms with Crippen LogP contribution in [0, 0.1) is 0 Å². The first kappa shape index (κ1) is 19.1. The number of aromatic carboxylic acids is 1. The molecule has 142 valence electrons. The zero-order valence-electron chi connectivity index (χ0n) is 14.6. The van der Waals surface area contributed by atoms with Crippen molar-refractivity contribution < 1.29 is 23.1 Å². The number of benzene rings is 2. The minimum Gasteiger partial charge on any atom is -0.478 e. The summed E-state index contributed by atoms with van der Waals surface area (Å²) in [5.41, 5.74) is 1.43. The van der Waals surface area contributed by atoms with E-state index in [1.165, 1.54) is 10.4 Å². The molecule has 0 radical (unpaired) electrons. The summed E-state index contributed by atoms with van der Waals surface area (Å²) in [6, 6.07) is 13.3. The summed E-state index contributed by atoms with van der Waals surface area (Å²) < 4.78 is 25.0. The van der Waals surface area contributed by atoms with Crippen LogP contribution < -0.4 is 5.32 Å². The van der Waals surface area contributed by atoms with E-state index in [0.717, 1.165) is 0 Å². The zero-order valence-corrected chi connectivity index (χ0v) is 15.4. The molecule has 1 saturated heterocycles. The predicted octanol–water partition coefficient (Wildman–Crippen LogP) is 1.82. The Morgan fingerprint density at radius 2 is 1.59 bits per heavy atom. The summed E-state index contributed by atoms with van der Waals surface area (Å²) in [6.45, 7) is 0.885. The number of carboxylic acid groups (broad SMARTS) is 1. The Morgan fingerprint density at radius 1 is 1.00 bits per heavy atom. The molecule has 0 aliphatic carbocycles. The van der Waals surface area contributed by atoms with Crippen LogP contribution in [0.2, 0.25) is 0 Å². The molecule has 0 saturated carbocycles. The quantitative estimate of drug-likeness (QED) is 0.786. The lowest BCUT2D eigenvalue weighted by Gasteiger charge is -2.16. The molecule has 1 heterocycles. The fourth-order valence-electron chi connectivity index (χ4n) is 3.15. The fourth-order valence-corrected chi connectivity index (χ4v) is 4.68. The first-order chi connectivity index (χ1) is 12.9. The molecule has 1 amide bonds. The molecule has 1 aliphatic heterocycles. The summed E-state index contributed by atoms with van der Waals surface area (Å²) in [6.07, 6.45) is 0.602. The van der Waals surface area contributed by atoms with Gasteiger partial charge in [0.2, 0.25) is 10.0 Å². The van der Waals surface area contributed by atoms with Crippen molar-refractivity contribution in [1.29, 1.82) is 0 Å². The summed E-state index contributed by atoms with van der Waals surface area (Å²) in [5.74, 6) is -1.29. The zero-order chi connectivity index (χ0) is 19.4. The van der Waals surface area contributed by atoms with Crippen molar-refractivity contribution in [3.05, 3.63) is 59.7 Å². The van der Waals surface area contributed by atoms with Crippen molar-refractivity contribution in [3.63, 3.8) is 0 Å². The van der Waals surface area contributed by atoms with Crippen LogP contribution in [0.15, 0.2) is 48.5 Å². The number of hydrogen-bond donors (Lipinski definition) is 2. The number of carbonyl (C=O) groups excluding carboxylic acids is 1. The van der Waals surface area contributed by atoms with Gasteiger partial charge >= 0.3 is 5.97 Å². The molecule has 0 unspecified atom stereocenters. The summed E-state index contributed by atoms with van der Waals surface area (Å²) in [4.78, 5) is 24.1. The summed E-state index contributed by atoms with van der Waals surface area (Å²) >= 11 is 0. The molecule has 2 aromatic rings. The molecule has 0 spiro atoms. The van der Waals surface area contributed by atoms with Gasteiger partial charge in [-0.25, -0.2) is 17.5 Å². The van der Waals surface area contributed by atoms with E-state index in [9.17, 15) is 23.1 Å². The highest BCUT2D eigenvalue weighted by Gasteiger charge is 2.27. The van der Waals surface area contributed by atoms with E-state index >= 15 is 0 Å². The second kappa shape index (κ2) is 7.89. The molecule has 0 aromatic heterocycles. The highest BCUT2D eigenvalue weighted by atomic mass is 32.2. The van der Waals surface area contributed by atoms with Crippen molar-refractivity contribution in [2.45, 2.75) is 6.42 Å². The summed E-state index contributed by atoms with van der Waals surface area (Å²) in [7, 11) is -3.20. The fraction of sp³-hybridized carbons (Fsp3) is 0.263. The van der Waals surface area contributed by atoms with Crippen LogP contribution in [0.25, 0.3) is 11.1 Å². The van der Waals surface area contributed by atoms with Crippen LogP contribution >= 0.6 is 0 Å². The van der Waals surface area contributed by atoms with Crippen molar-refractivity contribution in [1.82, 2.24) is 9.62 Å². The molecule has 2 aromatic carbocycles. The predicted molar refractivity (Wildman–Crippen MR) is 101 cm³/mol. The number of rotatable bonds is 6. The monoisotopic (exact) mass is 388 g/mol. The Morgan fingerprint density at radius 3 is 2.19 bits per heavy atom. The van der Waals surface area contributed by atoms with Gasteiger partial charge in [0.15, 0.2) is 0 Å². The Balaban J connectivity index is 1.78. The third-order valence-corrected chi connectivity index (χ3v) is 6.43. The van der Waals surface area contributed by atoms with Crippen molar-refractivity contribution in [2.75, 3.05) is 25.4 Å². The lowest BCUT2D eigenvalue weighted by molar-refractivity contribution is 0.0697. The standard InChI is InChI=1S/C19H20N2O5S/c22-18(20-10-12-21-11-5-13-27(21,25)26)16-8-3-1-6-14(16)15-7-2-4-9-17(15)19(23)24/h1-4,6-9H,5,10-13H2,(H,20,22)(H,23,24). The molecule has 1 fully saturated rings. The maximum Gasteiger partial charge on any atom is 0.336 e. The van der Waals surface area contributed by atoms with Gasteiger partial charge in [0, 0.05) is 25.2 Å². The Hall–Kier alpha value is -2.71. The smallest absolute Gasteiger partial charge is 0.336 e. The second-order valence-electron chi connectivity index (χ2n) is 6.22. The normalized spacial score (nSPS) is 16.1. The maximum absolute atomic E-state index is 12.6. The molecule has 1 aliphatic rings. The Labute approximate surface area is 157 Å². The molecular weight excluding hydrogens is 368 g/mol. The van der Waals surface area contributed by atoms with Crippen molar-refractivity contribution in [2.24, 2.45) is 0 Å². The summed E-state index contributed by atoms with van der Waals surface area (Å²) in [5, 5.41) is 12.1. The molecule has 7 nitrogen and oxygen atoms in total. The minimum absolute atomic E-state index is 0.112. The van der Waals surface area contributed by atoms with Gasteiger partial charge in [-0.05, 0) is 29.7 Å². The van der Waals surface area contributed by atoms with Gasteiger partial charge in [0.05, 0.1) is 11.3 Å². The van der Waals surface area contributed by atoms with E-state index in [-0.39, 0.29) is 30.3 Å². The van der Waals surface area contributed by atoms with E-state index < -0.39 is 16.0 Å². The van der Waals surface area contributed by atoms with Crippen LogP contribution in [-0.2, 0) is 10.0 Å². The lowest BCUT2D eigenvalue weighted by Crippen LogP contribution is -2.36. The number of nitrogens with one attached hydrogen (secondary N) is 1. The first-order valence-electron chi connectivity index (χ1n) is 8.58. The van der Waals surface area contributed by atoms with Gasteiger partial charge in [0.25, 0.3) is 5.91 Å². The number of carboxylic acids is 1. The van der Waals surface area contributed by atoms with Gasteiger partial charge in [-0.1, -0.05) is 36.4 Å². The first-order valence-corrected chi connectivity index (χ1v) is 10.2.